The zero-order valence-corrected chi connectivity index (χ0v) is 18.4. The minimum absolute atomic E-state index is 0.161. The van der Waals surface area contributed by atoms with Crippen LogP contribution >= 0.6 is 11.8 Å². The lowest BCUT2D eigenvalue weighted by atomic mass is 10.2. The molecule has 0 fully saturated rings. The van der Waals surface area contributed by atoms with Gasteiger partial charge in [-0.15, -0.1) is 0 Å². The molecule has 2 N–H and O–H groups in total. The van der Waals surface area contributed by atoms with Crippen molar-refractivity contribution in [2.75, 3.05) is 32.3 Å². The smallest absolute Gasteiger partial charge is 0.244 e. The van der Waals surface area contributed by atoms with E-state index in [2.05, 4.69) is 10.0 Å². The molecule has 0 aliphatic rings. The minimum Gasteiger partial charge on any atom is -0.493 e. The summed E-state index contributed by atoms with van der Waals surface area (Å²) in [4.78, 5) is 12.1. The maximum Gasteiger partial charge on any atom is 0.244 e. The van der Waals surface area contributed by atoms with E-state index in [-0.39, 0.29) is 19.6 Å². The number of ether oxygens (including phenoxy) is 2. The van der Waals surface area contributed by atoms with E-state index in [9.17, 15) is 17.6 Å². The zero-order chi connectivity index (χ0) is 22.0. The number of hydrogen-bond donors (Lipinski definition) is 2. The van der Waals surface area contributed by atoms with Gasteiger partial charge in [0.15, 0.2) is 11.5 Å². The molecular formula is C20H25FN2O5S2. The molecular weight excluding hydrogens is 431 g/mol. The van der Waals surface area contributed by atoms with E-state index in [1.807, 2.05) is 12.3 Å². The maximum atomic E-state index is 13.9. The first kappa shape index (κ1) is 24.0. The zero-order valence-electron chi connectivity index (χ0n) is 16.8. The van der Waals surface area contributed by atoms with Crippen LogP contribution in [-0.2, 0) is 14.8 Å². The van der Waals surface area contributed by atoms with E-state index >= 15 is 0 Å². The van der Waals surface area contributed by atoms with Crippen molar-refractivity contribution >= 4 is 27.7 Å². The van der Waals surface area contributed by atoms with Crippen molar-refractivity contribution in [3.05, 3.63) is 54.3 Å². The highest BCUT2D eigenvalue weighted by Gasteiger charge is 2.27. The second-order valence-electron chi connectivity index (χ2n) is 6.18. The van der Waals surface area contributed by atoms with Crippen molar-refractivity contribution in [1.29, 1.82) is 0 Å². The number of hydrogen-bond acceptors (Lipinski definition) is 6. The monoisotopic (exact) mass is 456 g/mol. The Balaban J connectivity index is 1.97. The second kappa shape index (κ2) is 11.8. The number of para-hydroxylation sites is 2. The third-order valence-electron chi connectivity index (χ3n) is 4.08. The van der Waals surface area contributed by atoms with Crippen molar-refractivity contribution in [3.8, 4) is 11.5 Å². The third kappa shape index (κ3) is 6.89. The lowest BCUT2D eigenvalue weighted by Crippen LogP contribution is -2.47. The maximum absolute atomic E-state index is 13.9. The number of carbonyl (C=O) groups excluding carboxylic acids is 1. The van der Waals surface area contributed by atoms with E-state index in [4.69, 9.17) is 9.47 Å². The van der Waals surface area contributed by atoms with Crippen LogP contribution in [0.3, 0.4) is 0 Å². The number of benzene rings is 2. The Morgan fingerprint density at radius 2 is 1.80 bits per heavy atom. The van der Waals surface area contributed by atoms with Crippen molar-refractivity contribution in [2.24, 2.45) is 0 Å². The molecule has 164 valence electrons. The van der Waals surface area contributed by atoms with E-state index in [0.717, 1.165) is 12.1 Å². The van der Waals surface area contributed by atoms with Crippen LogP contribution in [0.25, 0.3) is 0 Å². The van der Waals surface area contributed by atoms with Gasteiger partial charge in [0.1, 0.15) is 23.4 Å². The Morgan fingerprint density at radius 3 is 2.47 bits per heavy atom. The lowest BCUT2D eigenvalue weighted by molar-refractivity contribution is -0.122. The number of nitrogens with one attached hydrogen (secondary N) is 2. The third-order valence-corrected chi connectivity index (χ3v) is 6.23. The number of thioether (sulfide) groups is 1. The standard InChI is InChI=1S/C20H25FN2O5S2/c1-27-17-8-4-5-9-18(17)28-13-12-22-20(24)16(11-14-29-2)23-30(25,26)19-10-6-3-7-15(19)21/h3-10,16,23H,11-14H2,1-2H3,(H,22,24)/t16-/m1/s1. The fraction of sp³-hybridized carbons (Fsp3) is 0.350. The number of sulfonamides is 1. The van der Waals surface area contributed by atoms with Crippen LogP contribution in [0.2, 0.25) is 0 Å². The number of methoxy groups -OCH3 is 1. The Kier molecular flexibility index (Phi) is 9.41. The van der Waals surface area contributed by atoms with E-state index in [1.54, 1.807) is 18.2 Å². The first-order chi connectivity index (χ1) is 14.4. The predicted molar refractivity (Wildman–Crippen MR) is 115 cm³/mol. The molecule has 0 saturated heterocycles. The predicted octanol–water partition coefficient (Wildman–Crippen LogP) is 2.43. The van der Waals surface area contributed by atoms with E-state index < -0.39 is 32.7 Å². The molecule has 7 nitrogen and oxygen atoms in total. The van der Waals surface area contributed by atoms with Crippen LogP contribution in [-0.4, -0.2) is 52.6 Å². The van der Waals surface area contributed by atoms with Gasteiger partial charge in [-0.25, -0.2) is 12.8 Å². The van der Waals surface area contributed by atoms with Gasteiger partial charge >= 0.3 is 0 Å². The molecule has 0 saturated carbocycles. The van der Waals surface area contributed by atoms with Crippen LogP contribution in [0.5, 0.6) is 11.5 Å². The average Bonchev–Trinajstić information content (AvgIpc) is 2.74. The Hall–Kier alpha value is -2.30. The summed E-state index contributed by atoms with van der Waals surface area (Å²) in [6, 6.07) is 11.1. The molecule has 0 bridgehead atoms. The topological polar surface area (TPSA) is 93.7 Å². The largest absolute Gasteiger partial charge is 0.493 e. The fourth-order valence-electron chi connectivity index (χ4n) is 2.59. The van der Waals surface area contributed by atoms with Gasteiger partial charge in [0.2, 0.25) is 15.9 Å². The number of halogens is 1. The molecule has 0 aliphatic carbocycles. The van der Waals surface area contributed by atoms with Gasteiger partial charge in [-0.3, -0.25) is 4.79 Å². The van der Waals surface area contributed by atoms with Crippen LogP contribution < -0.4 is 19.5 Å². The molecule has 2 aromatic carbocycles. The van der Waals surface area contributed by atoms with Gasteiger partial charge in [-0.05, 0) is 42.7 Å². The first-order valence-corrected chi connectivity index (χ1v) is 12.1. The summed E-state index contributed by atoms with van der Waals surface area (Å²) in [6.07, 6.45) is 2.11. The quantitative estimate of drug-likeness (QED) is 0.477. The van der Waals surface area contributed by atoms with Crippen LogP contribution in [0.15, 0.2) is 53.4 Å². The van der Waals surface area contributed by atoms with Crippen molar-refractivity contribution in [2.45, 2.75) is 17.4 Å². The minimum atomic E-state index is -4.19. The van der Waals surface area contributed by atoms with Gasteiger partial charge in [0, 0.05) is 0 Å². The molecule has 10 heteroatoms. The molecule has 2 rings (SSSR count). The fourth-order valence-corrected chi connectivity index (χ4v) is 4.37. The van der Waals surface area contributed by atoms with Crippen molar-refractivity contribution in [3.63, 3.8) is 0 Å². The molecule has 0 spiro atoms. The van der Waals surface area contributed by atoms with Gasteiger partial charge in [0.25, 0.3) is 0 Å². The molecule has 30 heavy (non-hydrogen) atoms. The van der Waals surface area contributed by atoms with E-state index in [1.165, 1.54) is 31.0 Å². The molecule has 0 aliphatic heterocycles. The summed E-state index contributed by atoms with van der Waals surface area (Å²) >= 11 is 1.47. The van der Waals surface area contributed by atoms with Crippen molar-refractivity contribution in [1.82, 2.24) is 10.0 Å². The molecule has 0 radical (unpaired) electrons. The Bertz CT molecular complexity index is 940. The molecule has 0 aromatic heterocycles. The van der Waals surface area contributed by atoms with Crippen LogP contribution in [0.1, 0.15) is 6.42 Å². The number of carbonyl (C=O) groups is 1. The molecule has 1 atom stereocenters. The van der Waals surface area contributed by atoms with Gasteiger partial charge in [0.05, 0.1) is 13.7 Å². The summed E-state index contributed by atoms with van der Waals surface area (Å²) in [5.74, 6) is 0.273. The summed E-state index contributed by atoms with van der Waals surface area (Å²) < 4.78 is 52.1. The SMILES string of the molecule is COc1ccccc1OCCNC(=O)[C@@H](CCSC)NS(=O)(=O)c1ccccc1F. The lowest BCUT2D eigenvalue weighted by Gasteiger charge is -2.19. The molecule has 1 amide bonds. The van der Waals surface area contributed by atoms with E-state index in [0.29, 0.717) is 17.3 Å². The van der Waals surface area contributed by atoms with Crippen LogP contribution in [0.4, 0.5) is 4.39 Å². The highest BCUT2D eigenvalue weighted by molar-refractivity contribution is 7.98. The van der Waals surface area contributed by atoms with Gasteiger partial charge in [-0.2, -0.15) is 16.5 Å². The van der Waals surface area contributed by atoms with Crippen molar-refractivity contribution < 1.29 is 27.1 Å². The Morgan fingerprint density at radius 1 is 1.13 bits per heavy atom. The second-order valence-corrected chi connectivity index (χ2v) is 8.84. The molecule has 0 heterocycles. The summed E-state index contributed by atoms with van der Waals surface area (Å²) in [5.41, 5.74) is 0. The van der Waals surface area contributed by atoms with Gasteiger partial charge in [-0.1, -0.05) is 24.3 Å². The summed E-state index contributed by atoms with van der Waals surface area (Å²) in [7, 11) is -2.66. The highest BCUT2D eigenvalue weighted by Crippen LogP contribution is 2.25. The Labute approximate surface area is 180 Å². The summed E-state index contributed by atoms with van der Waals surface area (Å²) in [5, 5.41) is 2.65. The number of rotatable bonds is 12. The average molecular weight is 457 g/mol. The van der Waals surface area contributed by atoms with Crippen LogP contribution in [0, 0.1) is 5.82 Å². The summed E-state index contributed by atoms with van der Waals surface area (Å²) in [6.45, 7) is 0.329. The molecule has 0 unspecified atom stereocenters. The number of amides is 1. The first-order valence-electron chi connectivity index (χ1n) is 9.18. The van der Waals surface area contributed by atoms with Gasteiger partial charge < -0.3 is 14.8 Å². The normalized spacial score (nSPS) is 12.2. The highest BCUT2D eigenvalue weighted by atomic mass is 32.2. The molecule has 2 aromatic rings.